The third-order valence-electron chi connectivity index (χ3n) is 6.11. The molecule has 3 heterocycles. The number of nitrogens with two attached hydrogens (primary N) is 1. The molecular formula is C24H21N5O6. The van der Waals surface area contributed by atoms with Crippen molar-refractivity contribution in [3.63, 3.8) is 0 Å². The maximum absolute atomic E-state index is 14.2. The maximum atomic E-state index is 14.2. The Balaban J connectivity index is 1.72. The van der Waals surface area contributed by atoms with E-state index < -0.39 is 42.2 Å². The van der Waals surface area contributed by atoms with Gasteiger partial charge in [-0.2, -0.15) is 0 Å². The van der Waals surface area contributed by atoms with Crippen LogP contribution in [0.5, 0.6) is 0 Å². The van der Waals surface area contributed by atoms with E-state index in [0.717, 1.165) is 10.9 Å². The fourth-order valence-corrected chi connectivity index (χ4v) is 4.36. The Labute approximate surface area is 198 Å². The minimum absolute atomic E-state index is 0.0303. The van der Waals surface area contributed by atoms with Crippen LogP contribution in [0.15, 0.2) is 67.3 Å². The summed E-state index contributed by atoms with van der Waals surface area (Å²) in [5.74, 6) is -1.22. The first-order chi connectivity index (χ1) is 16.9. The summed E-state index contributed by atoms with van der Waals surface area (Å²) in [6.45, 7) is -0.679. The summed E-state index contributed by atoms with van der Waals surface area (Å²) in [4.78, 5) is 39.7. The van der Waals surface area contributed by atoms with Crippen LogP contribution in [-0.4, -0.2) is 71.3 Å². The average Bonchev–Trinajstić information content (AvgIpc) is 3.44. The van der Waals surface area contributed by atoms with Gasteiger partial charge in [0, 0.05) is 16.7 Å². The molecule has 178 valence electrons. The van der Waals surface area contributed by atoms with Crippen molar-refractivity contribution in [3.05, 3.63) is 83.9 Å². The van der Waals surface area contributed by atoms with E-state index in [-0.39, 0.29) is 28.1 Å². The zero-order valence-electron chi connectivity index (χ0n) is 18.2. The third-order valence-corrected chi connectivity index (χ3v) is 6.11. The number of aliphatic hydroxyl groups excluding tert-OH is 3. The molecular weight excluding hydrogens is 454 g/mol. The highest BCUT2D eigenvalue weighted by molar-refractivity contribution is 6.17. The van der Waals surface area contributed by atoms with Crippen molar-refractivity contribution in [1.29, 1.82) is 0 Å². The predicted molar refractivity (Wildman–Crippen MR) is 122 cm³/mol. The van der Waals surface area contributed by atoms with Crippen molar-refractivity contribution in [2.75, 3.05) is 12.3 Å². The van der Waals surface area contributed by atoms with Gasteiger partial charge >= 0.3 is 0 Å². The van der Waals surface area contributed by atoms with Gasteiger partial charge in [-0.15, -0.1) is 0 Å². The Kier molecular flexibility index (Phi) is 5.61. The van der Waals surface area contributed by atoms with Gasteiger partial charge in [-0.05, 0) is 0 Å². The molecule has 0 saturated carbocycles. The molecule has 5 rings (SSSR count). The molecule has 1 aliphatic heterocycles. The topological polar surface area (TPSA) is 174 Å². The molecule has 0 bridgehead atoms. The van der Waals surface area contributed by atoms with Crippen molar-refractivity contribution >= 4 is 28.5 Å². The molecule has 2 aromatic heterocycles. The monoisotopic (exact) mass is 475 g/mol. The normalized spacial score (nSPS) is 24.0. The van der Waals surface area contributed by atoms with E-state index in [2.05, 4.69) is 15.0 Å². The van der Waals surface area contributed by atoms with Crippen molar-refractivity contribution in [2.24, 2.45) is 0 Å². The number of Topliss-reactive ketones (excluding diaryl/α,β-unsaturated/α-hetero) is 1. The highest BCUT2D eigenvalue weighted by atomic mass is 16.6. The number of hydrogen-bond acceptors (Lipinski definition) is 10. The van der Waals surface area contributed by atoms with E-state index >= 15 is 0 Å². The first kappa shape index (κ1) is 22.7. The predicted octanol–water partition coefficient (Wildman–Crippen LogP) is 0.288. The standard InChI is InChI=1S/C24H21N5O6/c25-22-17-23(27-11-26-22)29(12-28-17)24(21(34)19(32)16(10-30)35-24)20(33)15-9-5-4-8-14(15)18(31)13-6-2-1-3-7-13/h1-9,11-12,16,19,21,30,32,34H,10H2,(H2,25,26,27)/t16-,19-,21-,24-/m1/s1. The molecule has 0 spiro atoms. The lowest BCUT2D eigenvalue weighted by Gasteiger charge is -2.32. The summed E-state index contributed by atoms with van der Waals surface area (Å²) in [6, 6.07) is 14.5. The van der Waals surface area contributed by atoms with E-state index in [1.165, 1.54) is 18.5 Å². The Morgan fingerprint density at radius 1 is 1.00 bits per heavy atom. The van der Waals surface area contributed by atoms with Gasteiger partial charge in [0.15, 0.2) is 17.2 Å². The molecule has 1 fully saturated rings. The Bertz CT molecular complexity index is 1420. The summed E-state index contributed by atoms with van der Waals surface area (Å²) in [5.41, 5.74) is 4.15. The zero-order valence-corrected chi connectivity index (χ0v) is 18.2. The number of ether oxygens (including phenoxy) is 1. The molecule has 1 saturated heterocycles. The van der Waals surface area contributed by atoms with E-state index in [1.807, 2.05) is 0 Å². The van der Waals surface area contributed by atoms with E-state index in [9.17, 15) is 24.9 Å². The summed E-state index contributed by atoms with van der Waals surface area (Å²) >= 11 is 0. The summed E-state index contributed by atoms with van der Waals surface area (Å²) < 4.78 is 7.03. The third kappa shape index (κ3) is 3.41. The molecule has 4 aromatic rings. The van der Waals surface area contributed by atoms with Crippen LogP contribution >= 0.6 is 0 Å². The Morgan fingerprint density at radius 2 is 1.69 bits per heavy atom. The van der Waals surface area contributed by atoms with Crippen molar-refractivity contribution in [1.82, 2.24) is 19.5 Å². The molecule has 0 unspecified atom stereocenters. The number of fused-ring (bicyclic) bond motifs is 1. The summed E-state index contributed by atoms with van der Waals surface area (Å²) in [6.07, 6.45) is -2.44. The zero-order chi connectivity index (χ0) is 24.7. The molecule has 0 amide bonds. The lowest BCUT2D eigenvalue weighted by molar-refractivity contribution is -0.113. The van der Waals surface area contributed by atoms with Crippen molar-refractivity contribution in [3.8, 4) is 0 Å². The first-order valence-corrected chi connectivity index (χ1v) is 10.7. The van der Waals surface area contributed by atoms with Crippen LogP contribution in [0, 0.1) is 0 Å². The highest BCUT2D eigenvalue weighted by Gasteiger charge is 2.61. The fraction of sp³-hybridized carbons (Fsp3) is 0.208. The number of aromatic nitrogens is 4. The quantitative estimate of drug-likeness (QED) is 0.284. The molecule has 4 atom stereocenters. The van der Waals surface area contributed by atoms with Crippen molar-refractivity contribution < 1.29 is 29.6 Å². The van der Waals surface area contributed by atoms with Crippen LogP contribution in [-0.2, 0) is 10.5 Å². The number of nitrogen functional groups attached to an aromatic ring is 1. The minimum Gasteiger partial charge on any atom is -0.394 e. The molecule has 11 nitrogen and oxygen atoms in total. The summed E-state index contributed by atoms with van der Waals surface area (Å²) in [7, 11) is 0. The van der Waals surface area contributed by atoms with Crippen LogP contribution in [0.3, 0.4) is 0 Å². The maximum Gasteiger partial charge on any atom is 0.241 e. The van der Waals surface area contributed by atoms with Crippen LogP contribution in [0.2, 0.25) is 0 Å². The largest absolute Gasteiger partial charge is 0.394 e. The number of carbonyl (C=O) groups excluding carboxylic acids is 2. The van der Waals surface area contributed by atoms with E-state index in [1.54, 1.807) is 42.5 Å². The lowest BCUT2D eigenvalue weighted by Crippen LogP contribution is -2.52. The van der Waals surface area contributed by atoms with Gasteiger partial charge in [0.05, 0.1) is 6.61 Å². The number of anilines is 1. The molecule has 2 aromatic carbocycles. The fourth-order valence-electron chi connectivity index (χ4n) is 4.36. The minimum atomic E-state index is -2.31. The number of hydrogen-bond donors (Lipinski definition) is 4. The van der Waals surface area contributed by atoms with Gasteiger partial charge in [-0.3, -0.25) is 14.2 Å². The van der Waals surface area contributed by atoms with E-state index in [4.69, 9.17) is 10.5 Å². The number of benzene rings is 2. The smallest absolute Gasteiger partial charge is 0.241 e. The Morgan fingerprint density at radius 3 is 2.37 bits per heavy atom. The van der Waals surface area contributed by atoms with Gasteiger partial charge in [0.1, 0.15) is 36.5 Å². The average molecular weight is 475 g/mol. The SMILES string of the molecule is Nc1ncnc2c1ncn2[C@]1(C(=O)c2ccccc2C(=O)c2ccccc2)O[C@H](CO)[C@@H](O)[C@H]1O. The highest BCUT2D eigenvalue weighted by Crippen LogP contribution is 2.41. The molecule has 5 N–H and O–H groups in total. The van der Waals surface area contributed by atoms with Gasteiger partial charge in [-0.1, -0.05) is 54.6 Å². The molecule has 1 aliphatic rings. The van der Waals surface area contributed by atoms with Crippen LogP contribution in [0.25, 0.3) is 11.2 Å². The second-order valence-corrected chi connectivity index (χ2v) is 8.09. The molecule has 0 aliphatic carbocycles. The second-order valence-electron chi connectivity index (χ2n) is 8.09. The van der Waals surface area contributed by atoms with Gasteiger partial charge in [0.2, 0.25) is 11.5 Å². The molecule has 11 heteroatoms. The van der Waals surface area contributed by atoms with Gasteiger partial charge in [0.25, 0.3) is 0 Å². The van der Waals surface area contributed by atoms with Crippen LogP contribution in [0.4, 0.5) is 5.82 Å². The van der Waals surface area contributed by atoms with Crippen LogP contribution < -0.4 is 5.73 Å². The molecule has 35 heavy (non-hydrogen) atoms. The first-order valence-electron chi connectivity index (χ1n) is 10.7. The number of rotatable bonds is 6. The van der Waals surface area contributed by atoms with Crippen LogP contribution in [0.1, 0.15) is 26.3 Å². The number of imidazole rings is 1. The number of nitrogens with zero attached hydrogens (tertiary/aromatic N) is 4. The second kappa shape index (κ2) is 8.64. The number of ketones is 2. The Hall–Kier alpha value is -4.03. The summed E-state index contributed by atoms with van der Waals surface area (Å²) in [5, 5.41) is 31.6. The molecule has 0 radical (unpaired) electrons. The van der Waals surface area contributed by atoms with Crippen molar-refractivity contribution in [2.45, 2.75) is 24.0 Å². The van der Waals surface area contributed by atoms with Gasteiger partial charge in [-0.25, -0.2) is 15.0 Å². The van der Waals surface area contributed by atoms with Gasteiger partial charge < -0.3 is 25.8 Å². The lowest BCUT2D eigenvalue weighted by atomic mass is 9.88. The van der Waals surface area contributed by atoms with E-state index in [0.29, 0.717) is 5.56 Å². The number of carbonyl (C=O) groups is 2. The number of aliphatic hydroxyl groups is 3.